The summed E-state index contributed by atoms with van der Waals surface area (Å²) < 4.78 is 1.75. The van der Waals surface area contributed by atoms with Crippen LogP contribution in [0, 0.1) is 0 Å². The first-order valence-electron chi connectivity index (χ1n) is 4.87. The van der Waals surface area contributed by atoms with Gasteiger partial charge in [-0.25, -0.2) is 4.68 Å². The van der Waals surface area contributed by atoms with Crippen LogP contribution < -0.4 is 0 Å². The molecule has 1 heterocycles. The molecule has 0 unspecified atom stereocenters. The lowest BCUT2D eigenvalue weighted by Gasteiger charge is -2.21. The molecule has 1 N–H and O–H groups in total. The molecule has 2 rings (SSSR count). The van der Waals surface area contributed by atoms with Crippen molar-refractivity contribution in [3.8, 4) is 0 Å². The molecule has 0 radical (unpaired) electrons. The van der Waals surface area contributed by atoms with Crippen LogP contribution in [0.25, 0.3) is 0 Å². The Bertz CT molecular complexity index is 315. The molecule has 6 heteroatoms. The molecule has 0 aromatic carbocycles. The number of tetrazole rings is 1. The lowest BCUT2D eigenvalue weighted by molar-refractivity contribution is 0.314. The first-order chi connectivity index (χ1) is 6.92. The molecular weight excluding hydrogens is 182 g/mol. The molecule has 1 aliphatic carbocycles. The van der Waals surface area contributed by atoms with Crippen molar-refractivity contribution in [2.45, 2.75) is 38.1 Å². The number of nitrogens with zero attached hydrogens (tertiary/aromatic N) is 5. The molecule has 0 atom stereocenters. The van der Waals surface area contributed by atoms with Gasteiger partial charge in [-0.1, -0.05) is 24.4 Å². The van der Waals surface area contributed by atoms with Crippen LogP contribution in [0.2, 0.25) is 0 Å². The summed E-state index contributed by atoms with van der Waals surface area (Å²) >= 11 is 0. The quantitative estimate of drug-likeness (QED) is 0.433. The summed E-state index contributed by atoms with van der Waals surface area (Å²) in [4.78, 5) is 0. The highest BCUT2D eigenvalue weighted by Crippen LogP contribution is 2.27. The Morgan fingerprint density at radius 2 is 2.14 bits per heavy atom. The SMILES string of the molecule is ON=Cc1nnnn1C1CCCCC1. The molecule has 0 aliphatic heterocycles. The fraction of sp³-hybridized carbons (Fsp3) is 0.750. The van der Waals surface area contributed by atoms with Crippen LogP contribution in [-0.2, 0) is 0 Å². The number of oxime groups is 1. The molecule has 1 fully saturated rings. The minimum Gasteiger partial charge on any atom is -0.411 e. The zero-order valence-electron chi connectivity index (χ0n) is 7.87. The van der Waals surface area contributed by atoms with Crippen LogP contribution in [0.5, 0.6) is 0 Å². The highest BCUT2D eigenvalue weighted by atomic mass is 16.4. The van der Waals surface area contributed by atoms with Crippen LogP contribution in [0.3, 0.4) is 0 Å². The van der Waals surface area contributed by atoms with Crippen LogP contribution >= 0.6 is 0 Å². The first kappa shape index (κ1) is 9.11. The third-order valence-corrected chi connectivity index (χ3v) is 2.61. The van der Waals surface area contributed by atoms with E-state index < -0.39 is 0 Å². The average Bonchev–Trinajstić information content (AvgIpc) is 2.68. The Balaban J connectivity index is 2.17. The highest BCUT2D eigenvalue weighted by Gasteiger charge is 2.18. The molecule has 0 bridgehead atoms. The number of aromatic nitrogens is 4. The van der Waals surface area contributed by atoms with Gasteiger partial charge in [0.2, 0.25) is 0 Å². The molecule has 0 amide bonds. The Labute approximate surface area is 81.6 Å². The summed E-state index contributed by atoms with van der Waals surface area (Å²) in [5, 5.41) is 22.6. The Morgan fingerprint density at radius 1 is 1.36 bits per heavy atom. The van der Waals surface area contributed by atoms with E-state index in [0.29, 0.717) is 11.9 Å². The van der Waals surface area contributed by atoms with Crippen molar-refractivity contribution in [2.75, 3.05) is 0 Å². The second kappa shape index (κ2) is 4.17. The molecule has 1 aromatic rings. The Morgan fingerprint density at radius 3 is 2.86 bits per heavy atom. The zero-order chi connectivity index (χ0) is 9.80. The summed E-state index contributed by atoms with van der Waals surface area (Å²) in [5.41, 5.74) is 0. The predicted octanol–water partition coefficient (Wildman–Crippen LogP) is 0.986. The number of rotatable bonds is 2. The van der Waals surface area contributed by atoms with Gasteiger partial charge in [0.05, 0.1) is 6.04 Å². The third-order valence-electron chi connectivity index (χ3n) is 2.61. The third kappa shape index (κ3) is 1.73. The van der Waals surface area contributed by atoms with E-state index >= 15 is 0 Å². The molecule has 0 saturated heterocycles. The molecule has 14 heavy (non-hydrogen) atoms. The van der Waals surface area contributed by atoms with Gasteiger partial charge in [0, 0.05) is 0 Å². The Hall–Kier alpha value is -1.46. The predicted molar refractivity (Wildman–Crippen MR) is 49.3 cm³/mol. The maximum absolute atomic E-state index is 8.42. The minimum absolute atomic E-state index is 0.367. The maximum atomic E-state index is 8.42. The lowest BCUT2D eigenvalue weighted by Crippen LogP contribution is -2.16. The van der Waals surface area contributed by atoms with Gasteiger partial charge in [-0.3, -0.25) is 0 Å². The summed E-state index contributed by atoms with van der Waals surface area (Å²) in [6.45, 7) is 0. The number of hydrogen-bond donors (Lipinski definition) is 1. The normalized spacial score (nSPS) is 19.1. The smallest absolute Gasteiger partial charge is 0.196 e. The van der Waals surface area contributed by atoms with Crippen LogP contribution in [-0.4, -0.2) is 31.6 Å². The second-order valence-electron chi connectivity index (χ2n) is 3.52. The standard InChI is InChI=1S/C8H13N5O/c14-9-6-8-10-11-12-13(8)7-4-2-1-3-5-7/h6-7,14H,1-5H2. The van der Waals surface area contributed by atoms with Gasteiger partial charge >= 0.3 is 0 Å². The van der Waals surface area contributed by atoms with E-state index in [9.17, 15) is 0 Å². The van der Waals surface area contributed by atoms with E-state index in [4.69, 9.17) is 5.21 Å². The van der Waals surface area contributed by atoms with E-state index in [-0.39, 0.29) is 0 Å². The fourth-order valence-corrected chi connectivity index (χ4v) is 1.92. The summed E-state index contributed by atoms with van der Waals surface area (Å²) in [6.07, 6.45) is 7.23. The van der Waals surface area contributed by atoms with Crippen molar-refractivity contribution in [1.29, 1.82) is 0 Å². The van der Waals surface area contributed by atoms with Crippen molar-refractivity contribution in [3.05, 3.63) is 5.82 Å². The van der Waals surface area contributed by atoms with Crippen LogP contribution in [0.1, 0.15) is 44.0 Å². The molecule has 1 aliphatic rings. The average molecular weight is 195 g/mol. The van der Waals surface area contributed by atoms with Gasteiger partial charge in [-0.2, -0.15) is 0 Å². The fourth-order valence-electron chi connectivity index (χ4n) is 1.92. The van der Waals surface area contributed by atoms with Crippen molar-refractivity contribution in [3.63, 3.8) is 0 Å². The van der Waals surface area contributed by atoms with E-state index in [1.807, 2.05) is 0 Å². The zero-order valence-corrected chi connectivity index (χ0v) is 7.87. The summed E-state index contributed by atoms with van der Waals surface area (Å²) in [5.74, 6) is 0.527. The van der Waals surface area contributed by atoms with Gasteiger partial charge in [0.25, 0.3) is 0 Å². The minimum atomic E-state index is 0.367. The lowest BCUT2D eigenvalue weighted by atomic mass is 9.96. The van der Waals surface area contributed by atoms with Gasteiger partial charge in [-0.15, -0.1) is 5.10 Å². The molecule has 1 aromatic heterocycles. The van der Waals surface area contributed by atoms with E-state index in [1.165, 1.54) is 25.5 Å². The largest absolute Gasteiger partial charge is 0.411 e. The Kier molecular flexibility index (Phi) is 2.71. The van der Waals surface area contributed by atoms with Gasteiger partial charge < -0.3 is 5.21 Å². The van der Waals surface area contributed by atoms with Crippen molar-refractivity contribution >= 4 is 6.21 Å². The van der Waals surface area contributed by atoms with Crippen molar-refractivity contribution in [1.82, 2.24) is 20.2 Å². The van der Waals surface area contributed by atoms with Crippen LogP contribution in [0.15, 0.2) is 5.16 Å². The van der Waals surface area contributed by atoms with Gasteiger partial charge in [-0.05, 0) is 23.3 Å². The van der Waals surface area contributed by atoms with Crippen molar-refractivity contribution < 1.29 is 5.21 Å². The second-order valence-corrected chi connectivity index (χ2v) is 3.52. The van der Waals surface area contributed by atoms with E-state index in [1.54, 1.807) is 4.68 Å². The van der Waals surface area contributed by atoms with Crippen LogP contribution in [0.4, 0.5) is 0 Å². The highest BCUT2D eigenvalue weighted by molar-refractivity contribution is 5.73. The molecule has 6 nitrogen and oxygen atoms in total. The molecule has 0 spiro atoms. The van der Waals surface area contributed by atoms with Crippen molar-refractivity contribution in [2.24, 2.45) is 5.16 Å². The molecule has 76 valence electrons. The molecular formula is C8H13N5O. The topological polar surface area (TPSA) is 76.2 Å². The molecule has 1 saturated carbocycles. The van der Waals surface area contributed by atoms with E-state index in [2.05, 4.69) is 20.7 Å². The summed E-state index contributed by atoms with van der Waals surface area (Å²) in [6, 6.07) is 0.367. The summed E-state index contributed by atoms with van der Waals surface area (Å²) in [7, 11) is 0. The van der Waals surface area contributed by atoms with Gasteiger partial charge in [0.1, 0.15) is 6.21 Å². The monoisotopic (exact) mass is 195 g/mol. The number of hydrogen-bond acceptors (Lipinski definition) is 5. The van der Waals surface area contributed by atoms with Gasteiger partial charge in [0.15, 0.2) is 5.82 Å². The first-order valence-corrected chi connectivity index (χ1v) is 4.87. The maximum Gasteiger partial charge on any atom is 0.196 e. The van der Waals surface area contributed by atoms with E-state index in [0.717, 1.165) is 12.8 Å².